The van der Waals surface area contributed by atoms with Crippen LogP contribution in [0.3, 0.4) is 0 Å². The van der Waals surface area contributed by atoms with E-state index in [1.165, 1.54) is 13.0 Å². The summed E-state index contributed by atoms with van der Waals surface area (Å²) in [5.74, 6) is -1.55. The van der Waals surface area contributed by atoms with Gasteiger partial charge >= 0.3 is 6.03 Å². The van der Waals surface area contributed by atoms with Gasteiger partial charge in [-0.05, 0) is 38.9 Å². The summed E-state index contributed by atoms with van der Waals surface area (Å²) >= 11 is 0. The molecule has 3 N–H and O–H groups in total. The molecule has 2 rings (SSSR count). The molecule has 0 saturated carbocycles. The van der Waals surface area contributed by atoms with Crippen molar-refractivity contribution < 1.29 is 18.7 Å². The molecule has 24 heavy (non-hydrogen) atoms. The van der Waals surface area contributed by atoms with E-state index >= 15 is 0 Å². The van der Waals surface area contributed by atoms with Crippen molar-refractivity contribution in [3.8, 4) is 0 Å². The molecule has 2 atom stereocenters. The Bertz CT molecular complexity index is 581. The van der Waals surface area contributed by atoms with Crippen LogP contribution >= 0.6 is 0 Å². The van der Waals surface area contributed by atoms with Crippen LogP contribution in [-0.4, -0.2) is 48.3 Å². The normalized spacial score (nSPS) is 20.6. The van der Waals surface area contributed by atoms with E-state index < -0.39 is 23.3 Å². The van der Waals surface area contributed by atoms with Gasteiger partial charge in [-0.3, -0.25) is 4.90 Å². The number of nitrogens with zero attached hydrogens (tertiary/aromatic N) is 1. The van der Waals surface area contributed by atoms with Crippen LogP contribution < -0.4 is 10.6 Å². The number of hydrogen-bond acceptors (Lipinski definition) is 3. The molecule has 1 aromatic carbocycles. The van der Waals surface area contributed by atoms with Gasteiger partial charge in [0.2, 0.25) is 0 Å². The molecule has 0 aromatic heterocycles. The highest BCUT2D eigenvalue weighted by atomic mass is 19.1. The first-order chi connectivity index (χ1) is 11.3. The lowest BCUT2D eigenvalue weighted by atomic mass is 9.95. The van der Waals surface area contributed by atoms with E-state index in [1.807, 2.05) is 0 Å². The number of halogens is 2. The summed E-state index contributed by atoms with van der Waals surface area (Å²) in [6.07, 6.45) is 2.17. The number of urea groups is 1. The summed E-state index contributed by atoms with van der Waals surface area (Å²) in [6, 6.07) is 2.88. The molecular formula is C17H25F2N3O2. The Balaban J connectivity index is 1.84. The molecule has 0 radical (unpaired) electrons. The van der Waals surface area contributed by atoms with Gasteiger partial charge in [-0.1, -0.05) is 13.0 Å². The van der Waals surface area contributed by atoms with Gasteiger partial charge in [-0.2, -0.15) is 0 Å². The van der Waals surface area contributed by atoms with Crippen LogP contribution in [0.4, 0.5) is 13.6 Å². The van der Waals surface area contributed by atoms with Crippen molar-refractivity contribution >= 4 is 6.03 Å². The van der Waals surface area contributed by atoms with E-state index in [-0.39, 0.29) is 12.1 Å². The maximum absolute atomic E-state index is 13.8. The molecule has 2 amide bonds. The number of carbonyl (C=O) groups excluding carboxylic acids is 1. The van der Waals surface area contributed by atoms with Crippen molar-refractivity contribution in [2.75, 3.05) is 26.2 Å². The second-order valence-corrected chi connectivity index (χ2v) is 6.39. The molecule has 7 heteroatoms. The quantitative estimate of drug-likeness (QED) is 0.741. The molecule has 0 bridgehead atoms. The van der Waals surface area contributed by atoms with Gasteiger partial charge in [0.05, 0.1) is 6.54 Å². The van der Waals surface area contributed by atoms with Gasteiger partial charge in [0, 0.05) is 24.2 Å². The van der Waals surface area contributed by atoms with Crippen LogP contribution in [0.25, 0.3) is 0 Å². The number of likely N-dealkylation sites (N-methyl/N-ethyl adjacent to an activating group) is 1. The van der Waals surface area contributed by atoms with Gasteiger partial charge < -0.3 is 15.7 Å². The SMILES string of the molecule is CCN1CCCC1CNC(=O)NCC(C)(O)c1ccc(F)cc1F. The summed E-state index contributed by atoms with van der Waals surface area (Å²) in [6.45, 7) is 5.82. The van der Waals surface area contributed by atoms with Crippen LogP contribution in [0, 0.1) is 11.6 Å². The number of nitrogens with one attached hydrogen (secondary N) is 2. The first-order valence-electron chi connectivity index (χ1n) is 8.27. The largest absolute Gasteiger partial charge is 0.383 e. The Morgan fingerprint density at radius 2 is 2.17 bits per heavy atom. The highest BCUT2D eigenvalue weighted by Crippen LogP contribution is 2.23. The molecule has 2 unspecified atom stereocenters. The van der Waals surface area contributed by atoms with E-state index in [0.29, 0.717) is 18.7 Å². The van der Waals surface area contributed by atoms with Crippen molar-refractivity contribution in [1.29, 1.82) is 0 Å². The lowest BCUT2D eigenvalue weighted by Gasteiger charge is -2.26. The van der Waals surface area contributed by atoms with Crippen LogP contribution in [-0.2, 0) is 5.60 Å². The number of rotatable bonds is 6. The molecule has 1 heterocycles. The Labute approximate surface area is 141 Å². The first kappa shape index (κ1) is 18.6. The summed E-state index contributed by atoms with van der Waals surface area (Å²) < 4.78 is 26.7. The first-order valence-corrected chi connectivity index (χ1v) is 8.27. The van der Waals surface area contributed by atoms with E-state index in [1.54, 1.807) is 0 Å². The van der Waals surface area contributed by atoms with E-state index in [2.05, 4.69) is 22.5 Å². The number of carbonyl (C=O) groups is 1. The highest BCUT2D eigenvalue weighted by Gasteiger charge is 2.28. The maximum atomic E-state index is 13.8. The summed E-state index contributed by atoms with van der Waals surface area (Å²) in [4.78, 5) is 14.2. The van der Waals surface area contributed by atoms with Gasteiger partial charge in [0.25, 0.3) is 0 Å². The van der Waals surface area contributed by atoms with Gasteiger partial charge in [0.15, 0.2) is 0 Å². The topological polar surface area (TPSA) is 64.6 Å². The maximum Gasteiger partial charge on any atom is 0.314 e. The van der Waals surface area contributed by atoms with Crippen molar-refractivity contribution in [2.45, 2.75) is 38.3 Å². The molecular weight excluding hydrogens is 316 g/mol. The second-order valence-electron chi connectivity index (χ2n) is 6.39. The van der Waals surface area contributed by atoms with Crippen molar-refractivity contribution in [2.24, 2.45) is 0 Å². The fourth-order valence-electron chi connectivity index (χ4n) is 3.09. The Morgan fingerprint density at radius 1 is 1.42 bits per heavy atom. The average molecular weight is 341 g/mol. The Morgan fingerprint density at radius 3 is 2.83 bits per heavy atom. The lowest BCUT2D eigenvalue weighted by molar-refractivity contribution is 0.0555. The number of benzene rings is 1. The minimum atomic E-state index is -1.63. The van der Waals surface area contributed by atoms with Gasteiger partial charge in [-0.25, -0.2) is 13.6 Å². The monoisotopic (exact) mass is 341 g/mol. The molecule has 1 saturated heterocycles. The van der Waals surface area contributed by atoms with Crippen molar-refractivity contribution in [3.63, 3.8) is 0 Å². The minimum Gasteiger partial charge on any atom is -0.383 e. The molecule has 5 nitrogen and oxygen atoms in total. The van der Waals surface area contributed by atoms with Gasteiger partial charge in [0.1, 0.15) is 17.2 Å². The van der Waals surface area contributed by atoms with Crippen LogP contribution in [0.15, 0.2) is 18.2 Å². The molecule has 1 fully saturated rings. The average Bonchev–Trinajstić information content (AvgIpc) is 2.98. The fourth-order valence-corrected chi connectivity index (χ4v) is 3.09. The predicted octanol–water partition coefficient (Wildman–Crippen LogP) is 1.96. The summed E-state index contributed by atoms with van der Waals surface area (Å²) in [7, 11) is 0. The van der Waals surface area contributed by atoms with Crippen LogP contribution in [0.2, 0.25) is 0 Å². The smallest absolute Gasteiger partial charge is 0.314 e. The van der Waals surface area contributed by atoms with Crippen molar-refractivity contribution in [1.82, 2.24) is 15.5 Å². The second kappa shape index (κ2) is 7.90. The van der Waals surface area contributed by atoms with Crippen LogP contribution in [0.1, 0.15) is 32.3 Å². The standard InChI is InChI=1S/C17H25F2N3O2/c1-3-22-8-4-5-13(22)10-20-16(23)21-11-17(2,24)14-7-6-12(18)9-15(14)19/h6-7,9,13,24H,3-5,8,10-11H2,1-2H3,(H2,20,21,23). The predicted molar refractivity (Wildman–Crippen MR) is 87.6 cm³/mol. The number of hydrogen-bond donors (Lipinski definition) is 3. The summed E-state index contributed by atoms with van der Waals surface area (Å²) in [5, 5.41) is 15.7. The Kier molecular flexibility index (Phi) is 6.12. The molecule has 1 aliphatic rings. The summed E-state index contributed by atoms with van der Waals surface area (Å²) in [5.41, 5.74) is -1.69. The third-order valence-electron chi connectivity index (χ3n) is 4.51. The van der Waals surface area contributed by atoms with Crippen LogP contribution in [0.5, 0.6) is 0 Å². The third kappa shape index (κ3) is 4.64. The molecule has 1 aliphatic heterocycles. The number of amides is 2. The third-order valence-corrected chi connectivity index (χ3v) is 4.51. The van der Waals surface area contributed by atoms with Gasteiger partial charge in [-0.15, -0.1) is 0 Å². The van der Waals surface area contributed by atoms with E-state index in [9.17, 15) is 18.7 Å². The molecule has 1 aromatic rings. The van der Waals surface area contributed by atoms with Crippen molar-refractivity contribution in [3.05, 3.63) is 35.4 Å². The zero-order chi connectivity index (χ0) is 17.7. The van der Waals surface area contributed by atoms with E-state index in [0.717, 1.165) is 32.0 Å². The molecule has 0 spiro atoms. The zero-order valence-electron chi connectivity index (χ0n) is 14.1. The molecule has 134 valence electrons. The minimum absolute atomic E-state index is 0.0582. The fraction of sp³-hybridized carbons (Fsp3) is 0.588. The highest BCUT2D eigenvalue weighted by molar-refractivity contribution is 5.74. The zero-order valence-corrected chi connectivity index (χ0v) is 14.1. The molecule has 0 aliphatic carbocycles. The lowest BCUT2D eigenvalue weighted by Crippen LogP contribution is -2.47. The Hall–Kier alpha value is -1.73. The van der Waals surface area contributed by atoms with E-state index in [4.69, 9.17) is 0 Å². The number of aliphatic hydroxyl groups is 1. The number of likely N-dealkylation sites (tertiary alicyclic amines) is 1.